The molecule has 320 valence electrons. The van der Waals surface area contributed by atoms with Gasteiger partial charge in [0.25, 0.3) is 0 Å². The summed E-state index contributed by atoms with van der Waals surface area (Å²) in [6.07, 6.45) is 0.308. The number of aromatic nitrogens is 1. The first-order chi connectivity index (χ1) is 28.6. The van der Waals surface area contributed by atoms with E-state index in [-0.39, 0.29) is 32.4 Å². The number of carboxylic acids is 1. The van der Waals surface area contributed by atoms with E-state index >= 15 is 8.78 Å². The van der Waals surface area contributed by atoms with Gasteiger partial charge in [-0.2, -0.15) is 0 Å². The van der Waals surface area contributed by atoms with Gasteiger partial charge in [0.15, 0.2) is 23.3 Å². The zero-order chi connectivity index (χ0) is 43.7. The number of rotatable bonds is 17. The first-order valence-corrected chi connectivity index (χ1v) is 19.5. The average molecular weight is 861 g/mol. The molecule has 19 heteroatoms. The van der Waals surface area contributed by atoms with Crippen LogP contribution in [0.25, 0.3) is 10.9 Å². The Kier molecular flexibility index (Phi) is 15.2. The van der Waals surface area contributed by atoms with Crippen LogP contribution in [0.1, 0.15) is 54.4 Å². The fraction of sp³-hybridized carbons (Fsp3) is 0.366. The lowest BCUT2D eigenvalue weighted by Crippen LogP contribution is -2.61. The summed E-state index contributed by atoms with van der Waals surface area (Å²) >= 11 is 5.63. The predicted molar refractivity (Wildman–Crippen MR) is 208 cm³/mol. The van der Waals surface area contributed by atoms with Crippen molar-refractivity contribution in [3.8, 4) is 0 Å². The van der Waals surface area contributed by atoms with Crippen molar-refractivity contribution in [2.75, 3.05) is 12.4 Å². The number of carbonyl (C=O) groups excluding carboxylic acids is 5. The number of aromatic amines is 1. The molecule has 2 heterocycles. The molecule has 1 aromatic heterocycles. The molecule has 4 aromatic rings. The van der Waals surface area contributed by atoms with Crippen molar-refractivity contribution in [2.24, 2.45) is 0 Å². The molecule has 0 spiro atoms. The van der Waals surface area contributed by atoms with Crippen molar-refractivity contribution in [1.29, 1.82) is 0 Å². The van der Waals surface area contributed by atoms with E-state index in [0.29, 0.717) is 34.9 Å². The van der Waals surface area contributed by atoms with Crippen LogP contribution in [0.15, 0.2) is 54.7 Å². The number of halogens is 6. The van der Waals surface area contributed by atoms with Crippen molar-refractivity contribution < 1.29 is 55.8 Å². The van der Waals surface area contributed by atoms with Crippen LogP contribution in [0.2, 0.25) is 0 Å². The fourth-order valence-corrected chi connectivity index (χ4v) is 7.03. The number of carbonyl (C=O) groups is 6. The number of aryl methyl sites for hydroxylation is 1. The normalized spacial score (nSPS) is 15.4. The first kappa shape index (κ1) is 45.1. The van der Waals surface area contributed by atoms with E-state index in [0.717, 1.165) is 5.56 Å². The van der Waals surface area contributed by atoms with Crippen molar-refractivity contribution in [1.82, 2.24) is 31.2 Å². The van der Waals surface area contributed by atoms with Gasteiger partial charge in [-0.3, -0.25) is 28.8 Å². The number of piperidine rings is 1. The second-order valence-electron chi connectivity index (χ2n) is 14.4. The van der Waals surface area contributed by atoms with E-state index < -0.39 is 113 Å². The number of amides is 5. The number of benzene rings is 3. The zero-order valence-corrected chi connectivity index (χ0v) is 32.9. The molecule has 0 saturated carbocycles. The smallest absolute Gasteiger partial charge is 0.303 e. The van der Waals surface area contributed by atoms with Crippen LogP contribution in [0.3, 0.4) is 0 Å². The lowest BCUT2D eigenvalue weighted by molar-refractivity contribution is -0.146. The zero-order valence-electron chi connectivity index (χ0n) is 32.2. The third-order valence-corrected chi connectivity index (χ3v) is 10.4. The number of likely N-dealkylation sites (tertiary alicyclic amines) is 1. The minimum atomic E-state index is -2.41. The number of hydrogen-bond donors (Lipinski definition) is 6. The Hall–Kier alpha value is -6.04. The summed E-state index contributed by atoms with van der Waals surface area (Å²) in [6, 6.07) is 7.71. The SMILES string of the molecule is Cc1ccc(CNC(=O)[C@H](Cc2c(F)c(F)c(F)c(F)c2F)NC(=O)[C@H](Cc2c[nH]c3ccccc23)NC(=O)[C@@H]2CCCCN2C(=O)[C@H](CCC(=O)O)NC(=O)CCl)cc1. The quantitative estimate of drug-likeness (QED) is 0.0397. The molecule has 13 nitrogen and oxygen atoms in total. The number of para-hydroxylation sites is 1. The van der Waals surface area contributed by atoms with Gasteiger partial charge >= 0.3 is 5.97 Å². The van der Waals surface area contributed by atoms with Gasteiger partial charge in [0.2, 0.25) is 35.4 Å². The molecule has 1 fully saturated rings. The Morgan fingerprint density at radius 3 is 2.13 bits per heavy atom. The molecule has 6 N–H and O–H groups in total. The van der Waals surface area contributed by atoms with Gasteiger partial charge in [0, 0.05) is 55.0 Å². The molecule has 1 aliphatic rings. The Balaban J connectivity index is 1.47. The molecule has 4 atom stereocenters. The molecule has 60 heavy (non-hydrogen) atoms. The Labute approximate surface area is 345 Å². The molecule has 1 saturated heterocycles. The highest BCUT2D eigenvalue weighted by Crippen LogP contribution is 2.26. The first-order valence-electron chi connectivity index (χ1n) is 19.0. The molecular formula is C41H42ClF5N6O7. The molecule has 5 rings (SSSR count). The third kappa shape index (κ3) is 11.0. The van der Waals surface area contributed by atoms with Gasteiger partial charge in [-0.25, -0.2) is 22.0 Å². The number of hydrogen-bond acceptors (Lipinski definition) is 6. The maximum atomic E-state index is 15.0. The van der Waals surface area contributed by atoms with Crippen LogP contribution >= 0.6 is 11.6 Å². The highest BCUT2D eigenvalue weighted by atomic mass is 35.5. The van der Waals surface area contributed by atoms with E-state index in [1.54, 1.807) is 54.7 Å². The second kappa shape index (κ2) is 20.3. The van der Waals surface area contributed by atoms with Crippen LogP contribution in [0.4, 0.5) is 22.0 Å². The van der Waals surface area contributed by atoms with E-state index in [1.165, 1.54) is 4.90 Å². The van der Waals surface area contributed by atoms with Gasteiger partial charge in [-0.1, -0.05) is 48.0 Å². The van der Waals surface area contributed by atoms with Gasteiger partial charge in [0.1, 0.15) is 30.0 Å². The number of aliphatic carboxylic acids is 1. The van der Waals surface area contributed by atoms with Gasteiger partial charge in [-0.15, -0.1) is 11.6 Å². The lowest BCUT2D eigenvalue weighted by Gasteiger charge is -2.37. The fourth-order valence-electron chi connectivity index (χ4n) is 6.96. The van der Waals surface area contributed by atoms with Crippen LogP contribution in [0.5, 0.6) is 0 Å². The molecule has 0 bridgehead atoms. The summed E-state index contributed by atoms with van der Waals surface area (Å²) in [5, 5.41) is 19.8. The molecular weight excluding hydrogens is 819 g/mol. The van der Waals surface area contributed by atoms with E-state index in [4.69, 9.17) is 11.6 Å². The van der Waals surface area contributed by atoms with Crippen LogP contribution in [-0.4, -0.2) is 87.1 Å². The van der Waals surface area contributed by atoms with Gasteiger partial charge < -0.3 is 36.3 Å². The summed E-state index contributed by atoms with van der Waals surface area (Å²) < 4.78 is 72.7. The van der Waals surface area contributed by atoms with Crippen molar-refractivity contribution in [3.63, 3.8) is 0 Å². The molecule has 0 radical (unpaired) electrons. The Morgan fingerprint density at radius 2 is 1.47 bits per heavy atom. The summed E-state index contributed by atoms with van der Waals surface area (Å²) in [7, 11) is 0. The second-order valence-corrected chi connectivity index (χ2v) is 14.6. The number of H-pyrrole nitrogens is 1. The number of nitrogens with one attached hydrogen (secondary N) is 5. The van der Waals surface area contributed by atoms with E-state index in [9.17, 15) is 47.0 Å². The Morgan fingerprint density at radius 1 is 0.817 bits per heavy atom. The maximum absolute atomic E-state index is 15.0. The van der Waals surface area contributed by atoms with Crippen LogP contribution < -0.4 is 21.3 Å². The third-order valence-electron chi connectivity index (χ3n) is 10.2. The standard InChI is InChI=1S/C41H42ClF5N6O7/c1-21-9-11-22(12-10-21)19-49-38(57)29(17-25-33(43)35(45)37(47)36(46)34(25)44)51-39(58)28(16-23-20-48-26-7-3-2-6-24(23)26)52-40(59)30-8-4-5-15-53(30)41(60)27(13-14-32(55)56)50-31(54)18-42/h2-3,6-7,9-12,20,27-30,48H,4-5,8,13-19H2,1H3,(H,49,57)(H,50,54)(H,51,58)(H,52,59)(H,55,56)/t27-,28-,29-,30-/m0/s1. The average Bonchev–Trinajstić information content (AvgIpc) is 3.66. The highest BCUT2D eigenvalue weighted by molar-refractivity contribution is 6.27. The molecule has 5 amide bonds. The molecule has 0 aliphatic carbocycles. The van der Waals surface area contributed by atoms with Gasteiger partial charge in [0.05, 0.1) is 0 Å². The summed E-state index contributed by atoms with van der Waals surface area (Å²) in [5.74, 6) is -17.6. The monoisotopic (exact) mass is 860 g/mol. The number of fused-ring (bicyclic) bond motifs is 1. The molecule has 1 aliphatic heterocycles. The maximum Gasteiger partial charge on any atom is 0.303 e. The topological polar surface area (TPSA) is 190 Å². The largest absolute Gasteiger partial charge is 0.481 e. The predicted octanol–water partition coefficient (Wildman–Crippen LogP) is 4.21. The minimum absolute atomic E-state index is 0.0295. The highest BCUT2D eigenvalue weighted by Gasteiger charge is 2.39. The number of carboxylic acid groups (broad SMARTS) is 1. The number of alkyl halides is 1. The van der Waals surface area contributed by atoms with Crippen LogP contribution in [0, 0.1) is 36.0 Å². The summed E-state index contributed by atoms with van der Waals surface area (Å²) in [5.41, 5.74) is 1.28. The van der Waals surface area contributed by atoms with E-state index in [1.807, 2.05) is 6.92 Å². The number of nitrogens with zero attached hydrogens (tertiary/aromatic N) is 1. The van der Waals surface area contributed by atoms with Crippen molar-refractivity contribution in [2.45, 2.75) is 82.6 Å². The van der Waals surface area contributed by atoms with Crippen LogP contribution in [-0.2, 0) is 48.2 Å². The molecule has 3 aromatic carbocycles. The van der Waals surface area contributed by atoms with Crippen molar-refractivity contribution >= 4 is 58.0 Å². The van der Waals surface area contributed by atoms with Gasteiger partial charge in [-0.05, 0) is 49.8 Å². The summed E-state index contributed by atoms with van der Waals surface area (Å²) in [6.45, 7) is 1.71. The molecule has 0 unspecified atom stereocenters. The van der Waals surface area contributed by atoms with Crippen molar-refractivity contribution in [3.05, 3.63) is 106 Å². The lowest BCUT2D eigenvalue weighted by atomic mass is 9.97. The minimum Gasteiger partial charge on any atom is -0.481 e. The Bertz CT molecular complexity index is 2230. The van der Waals surface area contributed by atoms with E-state index in [2.05, 4.69) is 26.3 Å². The summed E-state index contributed by atoms with van der Waals surface area (Å²) in [4.78, 5) is 83.8.